The third kappa shape index (κ3) is 8.02. The van der Waals surface area contributed by atoms with E-state index in [2.05, 4.69) is 0 Å². The molecule has 0 fully saturated rings. The highest BCUT2D eigenvalue weighted by Gasteiger charge is 2.32. The molecule has 0 unspecified atom stereocenters. The molecule has 0 saturated carbocycles. The minimum Gasteiger partial charge on any atom is -0.567 e. The van der Waals surface area contributed by atoms with Crippen molar-refractivity contribution < 1.29 is 28.8 Å². The van der Waals surface area contributed by atoms with Crippen molar-refractivity contribution in [2.45, 2.75) is 51.6 Å². The summed E-state index contributed by atoms with van der Waals surface area (Å²) in [5, 5.41) is 26.2. The number of carbonyl (C=O) groups is 2. The molecule has 2 atom stereocenters. The lowest BCUT2D eigenvalue weighted by Crippen LogP contribution is -2.41. The number of ether oxygens (including phenoxy) is 2. The van der Waals surface area contributed by atoms with Crippen LogP contribution in [0.5, 0.6) is 0 Å². The number of benzene rings is 2. The van der Waals surface area contributed by atoms with E-state index in [1.165, 1.54) is 0 Å². The van der Waals surface area contributed by atoms with Crippen LogP contribution in [0, 0.1) is 10.4 Å². The Balaban J connectivity index is 2.30. The molecular formula is C24H30N2O6. The van der Waals surface area contributed by atoms with Crippen LogP contribution in [-0.4, -0.2) is 47.0 Å². The van der Waals surface area contributed by atoms with E-state index in [0.29, 0.717) is 9.72 Å². The molecule has 0 heterocycles. The van der Waals surface area contributed by atoms with Crippen LogP contribution in [0.2, 0.25) is 0 Å². The predicted octanol–water partition coefficient (Wildman–Crippen LogP) is 3.59. The topological polar surface area (TPSA) is 105 Å². The quantitative estimate of drug-likeness (QED) is 0.215. The first-order valence-electron chi connectivity index (χ1n) is 10.8. The summed E-state index contributed by atoms with van der Waals surface area (Å²) >= 11 is 0. The molecule has 0 amide bonds. The highest BCUT2D eigenvalue weighted by molar-refractivity contribution is 5.69. The Hall–Kier alpha value is -3.42. The fraction of sp³-hybridized carbons (Fsp3) is 0.417. The molecule has 0 N–H and O–H groups in total. The summed E-state index contributed by atoms with van der Waals surface area (Å²) < 4.78 is 10.4. The van der Waals surface area contributed by atoms with Crippen LogP contribution in [-0.2, 0) is 31.9 Å². The Morgan fingerprint density at radius 3 is 1.38 bits per heavy atom. The number of rotatable bonds is 12. The van der Waals surface area contributed by atoms with Gasteiger partial charge < -0.3 is 19.9 Å². The third-order valence-corrected chi connectivity index (χ3v) is 4.90. The Kier molecular flexibility index (Phi) is 10.2. The molecule has 0 aliphatic heterocycles. The van der Waals surface area contributed by atoms with Crippen molar-refractivity contribution in [1.82, 2.24) is 0 Å². The maximum atomic E-state index is 13.1. The number of carbonyl (C=O) groups excluding carboxylic acids is 2. The van der Waals surface area contributed by atoms with Crippen molar-refractivity contribution >= 4 is 11.9 Å². The fourth-order valence-electron chi connectivity index (χ4n) is 3.08. The molecular weight excluding hydrogens is 412 g/mol. The lowest BCUT2D eigenvalue weighted by atomic mass is 10.1. The zero-order valence-corrected chi connectivity index (χ0v) is 18.5. The minimum atomic E-state index is -0.925. The maximum Gasteiger partial charge on any atom is 0.305 e. The van der Waals surface area contributed by atoms with Crippen LogP contribution in [0.3, 0.4) is 0 Å². The number of hydrogen-bond acceptors (Lipinski definition) is 6. The van der Waals surface area contributed by atoms with Gasteiger partial charge in [-0.25, -0.2) is 0 Å². The van der Waals surface area contributed by atoms with Crippen molar-refractivity contribution in [3.8, 4) is 0 Å². The van der Waals surface area contributed by atoms with Gasteiger partial charge >= 0.3 is 11.9 Å². The summed E-state index contributed by atoms with van der Waals surface area (Å²) in [5.74, 6) is -0.904. The molecule has 172 valence electrons. The second-order valence-corrected chi connectivity index (χ2v) is 7.37. The van der Waals surface area contributed by atoms with E-state index >= 15 is 0 Å². The van der Waals surface area contributed by atoms with E-state index < -0.39 is 24.0 Å². The van der Waals surface area contributed by atoms with Gasteiger partial charge in [0.2, 0.25) is 0 Å². The molecule has 0 bridgehead atoms. The summed E-state index contributed by atoms with van der Waals surface area (Å²) in [6.45, 7) is 2.86. The van der Waals surface area contributed by atoms with Gasteiger partial charge in [-0.05, 0) is 11.1 Å². The first-order chi connectivity index (χ1) is 15.4. The van der Waals surface area contributed by atoms with E-state index in [0.717, 1.165) is 11.1 Å². The number of nitrogens with zero attached hydrogens (tertiary/aromatic N) is 2. The highest BCUT2D eigenvalue weighted by Crippen LogP contribution is 2.11. The average Bonchev–Trinajstić information content (AvgIpc) is 2.84. The molecule has 0 aromatic heterocycles. The fourth-order valence-corrected chi connectivity index (χ4v) is 3.08. The van der Waals surface area contributed by atoms with E-state index in [4.69, 9.17) is 9.47 Å². The molecule has 0 saturated heterocycles. The summed E-state index contributed by atoms with van der Waals surface area (Å²) in [6, 6.07) is 16.5. The first-order valence-corrected chi connectivity index (χ1v) is 10.8. The van der Waals surface area contributed by atoms with Crippen LogP contribution in [0.4, 0.5) is 0 Å². The largest absolute Gasteiger partial charge is 0.567 e. The lowest BCUT2D eigenvalue weighted by molar-refractivity contribution is -0.996. The molecule has 8 nitrogen and oxygen atoms in total. The molecule has 2 aromatic rings. The molecule has 2 rings (SSSR count). The SMILES string of the molecule is CCC(=O)OC[C@H](Cc1ccccc1)/[N+]([O-])=[N+](\[O-])[C@H](COC(=O)CC)Cc1ccccc1. The first kappa shape index (κ1) is 24.8. The molecule has 8 heteroatoms. The van der Waals surface area contributed by atoms with E-state index in [1.54, 1.807) is 13.8 Å². The molecule has 0 spiro atoms. The van der Waals surface area contributed by atoms with Gasteiger partial charge in [0.05, 0.1) is 0 Å². The van der Waals surface area contributed by atoms with Crippen LogP contribution in [0.15, 0.2) is 60.7 Å². The van der Waals surface area contributed by atoms with Gasteiger partial charge in [0.1, 0.15) is 0 Å². The van der Waals surface area contributed by atoms with Gasteiger partial charge in [-0.1, -0.05) is 74.5 Å². The zero-order valence-electron chi connectivity index (χ0n) is 18.5. The number of esters is 2. The van der Waals surface area contributed by atoms with Crippen molar-refractivity contribution in [3.63, 3.8) is 0 Å². The molecule has 0 aliphatic rings. The second-order valence-electron chi connectivity index (χ2n) is 7.37. The maximum absolute atomic E-state index is 13.1. The smallest absolute Gasteiger partial charge is 0.305 e. The normalized spacial score (nSPS) is 13.6. The van der Waals surface area contributed by atoms with Crippen molar-refractivity contribution in [3.05, 3.63) is 82.2 Å². The van der Waals surface area contributed by atoms with Gasteiger partial charge in [-0.2, -0.15) is 0 Å². The minimum absolute atomic E-state index is 0.168. The monoisotopic (exact) mass is 442 g/mol. The van der Waals surface area contributed by atoms with Crippen LogP contribution in [0.25, 0.3) is 0 Å². The highest BCUT2D eigenvalue weighted by atomic mass is 16.6. The standard InChI is InChI=1S/C24H30N2O6/c1-3-23(27)31-17-21(15-19-11-7-5-8-12-19)25(29)26(30)22(18-32-24(28)4-2)16-20-13-9-6-10-14-20/h5-14,21-22H,3-4,15-18H2,1-2H3/b26-25+/t21-,22-/m0/s1. The van der Waals surface area contributed by atoms with E-state index in [1.807, 2.05) is 60.7 Å². The number of azo groups is 1. The molecule has 32 heavy (non-hydrogen) atoms. The Bertz CT molecular complexity index is 812. The molecule has 2 aromatic carbocycles. The number of hydroxylamine groups is 2. The molecule has 0 radical (unpaired) electrons. The Labute approximate surface area is 188 Å². The summed E-state index contributed by atoms with van der Waals surface area (Å²) in [4.78, 5) is 23.9. The van der Waals surface area contributed by atoms with Crippen LogP contribution >= 0.6 is 0 Å². The average molecular weight is 443 g/mol. The second kappa shape index (κ2) is 13.1. The van der Waals surface area contributed by atoms with Crippen LogP contribution in [0.1, 0.15) is 37.8 Å². The van der Waals surface area contributed by atoms with Gasteiger partial charge in [-0.15, -0.1) is 0 Å². The predicted molar refractivity (Wildman–Crippen MR) is 118 cm³/mol. The van der Waals surface area contributed by atoms with E-state index in [-0.39, 0.29) is 38.9 Å². The van der Waals surface area contributed by atoms with Gasteiger partial charge in [0.25, 0.3) is 12.1 Å². The number of hydrogen-bond donors (Lipinski definition) is 0. The zero-order chi connectivity index (χ0) is 23.3. The van der Waals surface area contributed by atoms with Gasteiger partial charge in [0.15, 0.2) is 13.2 Å². The van der Waals surface area contributed by atoms with Crippen LogP contribution < -0.4 is 0 Å². The summed E-state index contributed by atoms with van der Waals surface area (Å²) in [5.41, 5.74) is 1.66. The van der Waals surface area contributed by atoms with Crippen molar-refractivity contribution in [2.24, 2.45) is 0 Å². The van der Waals surface area contributed by atoms with Crippen molar-refractivity contribution in [2.75, 3.05) is 13.2 Å². The summed E-state index contributed by atoms with van der Waals surface area (Å²) in [7, 11) is 0. The Morgan fingerprint density at radius 2 is 1.06 bits per heavy atom. The van der Waals surface area contributed by atoms with Gasteiger partial charge in [0, 0.05) is 35.4 Å². The Morgan fingerprint density at radius 1 is 0.719 bits per heavy atom. The summed E-state index contributed by atoms with van der Waals surface area (Å²) in [6.07, 6.45) is 0.767. The third-order valence-electron chi connectivity index (χ3n) is 4.90. The van der Waals surface area contributed by atoms with E-state index in [9.17, 15) is 20.0 Å². The van der Waals surface area contributed by atoms with Crippen molar-refractivity contribution in [1.29, 1.82) is 0 Å². The van der Waals surface area contributed by atoms with Gasteiger partial charge in [-0.3, -0.25) is 9.59 Å². The lowest BCUT2D eigenvalue weighted by Gasteiger charge is -2.19. The molecule has 0 aliphatic carbocycles.